The van der Waals surface area contributed by atoms with Gasteiger partial charge in [-0.3, -0.25) is 9.13 Å². The van der Waals surface area contributed by atoms with Crippen molar-refractivity contribution in [1.29, 1.82) is 0 Å². The summed E-state index contributed by atoms with van der Waals surface area (Å²) in [6.07, 6.45) is 0. The topological polar surface area (TPSA) is 179 Å². The van der Waals surface area contributed by atoms with Gasteiger partial charge in [0, 0.05) is 11.3 Å². The number of rotatable bonds is 5. The first kappa shape index (κ1) is 18.9. The van der Waals surface area contributed by atoms with Crippen LogP contribution in [0.25, 0.3) is 21.6 Å². The Kier molecular flexibility index (Phi) is 4.89. The maximum atomic E-state index is 11.5. The number of thiophene rings is 1. The molecule has 0 aliphatic rings. The Balaban J connectivity index is 2.15. The Bertz CT molecular complexity index is 1040. The molecule has 0 aliphatic carbocycles. The molecule has 0 unspecified atom stereocenters. The van der Waals surface area contributed by atoms with Crippen molar-refractivity contribution in [3.05, 3.63) is 35.7 Å². The van der Waals surface area contributed by atoms with E-state index in [1.54, 1.807) is 35.7 Å². The zero-order valence-corrected chi connectivity index (χ0v) is 15.5. The summed E-state index contributed by atoms with van der Waals surface area (Å²) in [6.45, 7) is 0. The van der Waals surface area contributed by atoms with Crippen LogP contribution in [0.3, 0.4) is 0 Å². The van der Waals surface area contributed by atoms with E-state index >= 15 is 0 Å². The van der Waals surface area contributed by atoms with Gasteiger partial charge in [-0.25, -0.2) is 9.97 Å². The van der Waals surface area contributed by atoms with Crippen LogP contribution in [0.5, 0.6) is 0 Å². The molecule has 0 aliphatic heterocycles. The second-order valence-electron chi connectivity index (χ2n) is 5.36. The van der Waals surface area contributed by atoms with E-state index in [1.807, 2.05) is 0 Å². The van der Waals surface area contributed by atoms with Gasteiger partial charge in [0.1, 0.15) is 10.6 Å². The molecule has 26 heavy (non-hydrogen) atoms. The zero-order valence-electron chi connectivity index (χ0n) is 12.9. The average molecular weight is 416 g/mol. The average Bonchev–Trinajstić information content (AvgIpc) is 2.98. The lowest BCUT2D eigenvalue weighted by molar-refractivity contribution is 0.343. The number of anilines is 2. The zero-order chi connectivity index (χ0) is 19.1. The van der Waals surface area contributed by atoms with E-state index in [9.17, 15) is 28.7 Å². The van der Waals surface area contributed by atoms with E-state index in [0.717, 1.165) is 0 Å². The first-order valence-corrected chi connectivity index (χ1v) is 11.3. The van der Waals surface area contributed by atoms with Gasteiger partial charge in [-0.05, 0) is 23.6 Å². The van der Waals surface area contributed by atoms with Crippen molar-refractivity contribution in [2.75, 3.05) is 11.1 Å². The Labute approximate surface area is 151 Å². The summed E-state index contributed by atoms with van der Waals surface area (Å²) < 4.78 is 23.1. The van der Waals surface area contributed by atoms with Crippen LogP contribution in [-0.2, 0) is 9.13 Å². The third kappa shape index (κ3) is 3.94. The predicted octanol–water partition coefficient (Wildman–Crippen LogP) is 1.99. The minimum absolute atomic E-state index is 0.0923. The first-order chi connectivity index (χ1) is 12.1. The molecule has 2 heterocycles. The molecule has 13 heteroatoms. The van der Waals surface area contributed by atoms with Crippen molar-refractivity contribution >= 4 is 48.3 Å². The van der Waals surface area contributed by atoms with Gasteiger partial charge in [0.25, 0.3) is 0 Å². The van der Waals surface area contributed by atoms with Gasteiger partial charge < -0.3 is 30.6 Å². The molecule has 0 saturated carbocycles. The van der Waals surface area contributed by atoms with Gasteiger partial charge in [0.15, 0.2) is 5.82 Å². The molecular weight excluding hydrogens is 402 g/mol. The van der Waals surface area contributed by atoms with Crippen molar-refractivity contribution in [3.63, 3.8) is 0 Å². The molecule has 0 spiro atoms. The van der Waals surface area contributed by atoms with E-state index < -0.39 is 20.7 Å². The number of hydrogen-bond acceptors (Lipinski definition) is 7. The molecule has 0 amide bonds. The van der Waals surface area contributed by atoms with Gasteiger partial charge in [-0.2, -0.15) is 0 Å². The minimum Gasteiger partial charge on any atom is -0.399 e. The van der Waals surface area contributed by atoms with Gasteiger partial charge in [-0.15, -0.1) is 11.3 Å². The minimum atomic E-state index is -5.17. The second-order valence-corrected chi connectivity index (χ2v) is 10.0. The molecule has 3 rings (SSSR count). The van der Waals surface area contributed by atoms with Crippen LogP contribution >= 0.6 is 26.5 Å². The summed E-state index contributed by atoms with van der Waals surface area (Å²) in [5.41, 5.74) is 4.35. The van der Waals surface area contributed by atoms with Crippen molar-refractivity contribution < 1.29 is 28.7 Å². The molecule has 0 radical (unpaired) electrons. The van der Waals surface area contributed by atoms with Crippen LogP contribution in [0.15, 0.2) is 35.7 Å². The molecule has 1 aromatic carbocycles. The fourth-order valence-corrected chi connectivity index (χ4v) is 5.17. The number of nitrogens with one attached hydrogen (secondary N) is 1. The predicted molar refractivity (Wildman–Crippen MR) is 98.8 cm³/mol. The number of nitrogens with two attached hydrogens (primary N) is 1. The summed E-state index contributed by atoms with van der Waals surface area (Å²) >= 11 is 1.25. The maximum absolute atomic E-state index is 11.5. The van der Waals surface area contributed by atoms with Gasteiger partial charge in [0.2, 0.25) is 5.52 Å². The molecule has 10 nitrogen and oxygen atoms in total. The van der Waals surface area contributed by atoms with E-state index in [1.165, 1.54) is 11.3 Å². The molecule has 0 fully saturated rings. The highest BCUT2D eigenvalue weighted by atomic mass is 32.1. The summed E-state index contributed by atoms with van der Waals surface area (Å²) in [4.78, 5) is 46.3. The van der Waals surface area contributed by atoms with Crippen LogP contribution in [-0.4, -0.2) is 35.1 Å². The molecule has 7 N–H and O–H groups in total. The molecule has 0 saturated heterocycles. The summed E-state index contributed by atoms with van der Waals surface area (Å²) in [7, 11) is -10.3. The molecular formula is C13H14N4O6P2S. The van der Waals surface area contributed by atoms with E-state index in [4.69, 9.17) is 5.73 Å². The highest BCUT2D eigenvalue weighted by Crippen LogP contribution is 2.59. The number of nitrogen functional groups attached to an aromatic ring is 1. The highest BCUT2D eigenvalue weighted by molar-refractivity contribution is 7.71. The van der Waals surface area contributed by atoms with Gasteiger partial charge >= 0.3 is 15.2 Å². The smallest absolute Gasteiger partial charge is 0.360 e. The van der Waals surface area contributed by atoms with E-state index in [-0.39, 0.29) is 11.6 Å². The number of fused-ring (bicyclic) bond motifs is 1. The van der Waals surface area contributed by atoms with Crippen LogP contribution in [0, 0.1) is 0 Å². The van der Waals surface area contributed by atoms with E-state index in [0.29, 0.717) is 21.5 Å². The SMILES string of the molecule is Nc1cccc(-c2nc(NC(P(=O)(O)O)P(=O)(O)O)c3ccsc3n2)c1. The standard InChI is InChI=1S/C13H14N4O6P2S/c14-8-3-1-2-7(6-8)10-15-11(9-4-5-26-12(9)16-10)17-13(24(18,19)20)25(21,22)23/h1-6,13H,14H2,(H,15,16,17)(H2,18,19,20)(H2,21,22,23). The lowest BCUT2D eigenvalue weighted by Gasteiger charge is -2.21. The number of aromatic nitrogens is 2. The molecule has 2 aromatic heterocycles. The number of hydrogen-bond donors (Lipinski definition) is 6. The maximum Gasteiger partial charge on any atom is 0.360 e. The van der Waals surface area contributed by atoms with Crippen LogP contribution < -0.4 is 11.1 Å². The Morgan fingerprint density at radius 1 is 1.08 bits per heavy atom. The van der Waals surface area contributed by atoms with Crippen LogP contribution in [0.4, 0.5) is 11.5 Å². The van der Waals surface area contributed by atoms with Crippen LogP contribution in [0.1, 0.15) is 0 Å². The normalized spacial score (nSPS) is 12.7. The van der Waals surface area contributed by atoms with E-state index in [2.05, 4.69) is 15.3 Å². The second kappa shape index (κ2) is 6.71. The Morgan fingerprint density at radius 3 is 2.38 bits per heavy atom. The van der Waals surface area contributed by atoms with Crippen molar-refractivity contribution in [2.24, 2.45) is 0 Å². The molecule has 138 valence electrons. The van der Waals surface area contributed by atoms with Crippen molar-refractivity contribution in [1.82, 2.24) is 9.97 Å². The number of nitrogens with zero attached hydrogens (tertiary/aromatic N) is 2. The van der Waals surface area contributed by atoms with Crippen molar-refractivity contribution in [3.8, 4) is 11.4 Å². The monoisotopic (exact) mass is 416 g/mol. The lowest BCUT2D eigenvalue weighted by atomic mass is 10.2. The lowest BCUT2D eigenvalue weighted by Crippen LogP contribution is -2.21. The quantitative estimate of drug-likeness (QED) is 0.266. The first-order valence-electron chi connectivity index (χ1n) is 7.04. The third-order valence-electron chi connectivity index (χ3n) is 3.37. The van der Waals surface area contributed by atoms with Crippen LogP contribution in [0.2, 0.25) is 0 Å². The molecule has 3 aromatic rings. The summed E-state index contributed by atoms with van der Waals surface area (Å²) in [6, 6.07) is 8.25. The molecule has 0 bridgehead atoms. The summed E-state index contributed by atoms with van der Waals surface area (Å²) in [5.74, 6) is 0.107. The Hall–Kier alpha value is -1.84. The summed E-state index contributed by atoms with van der Waals surface area (Å²) in [5, 5.41) is 4.27. The fraction of sp³-hybridized carbons (Fsp3) is 0.0769. The molecule has 0 atom stereocenters. The van der Waals surface area contributed by atoms with Crippen molar-refractivity contribution in [2.45, 2.75) is 5.52 Å². The highest BCUT2D eigenvalue weighted by Gasteiger charge is 2.44. The number of benzene rings is 1. The van der Waals surface area contributed by atoms with Gasteiger partial charge in [-0.1, -0.05) is 12.1 Å². The Morgan fingerprint density at radius 2 is 1.77 bits per heavy atom. The van der Waals surface area contributed by atoms with Gasteiger partial charge in [0.05, 0.1) is 5.39 Å². The fourth-order valence-electron chi connectivity index (χ4n) is 2.26. The largest absolute Gasteiger partial charge is 0.399 e. The third-order valence-corrected chi connectivity index (χ3v) is 7.52.